The van der Waals surface area contributed by atoms with Gasteiger partial charge in [-0.3, -0.25) is 0 Å². The molecule has 2 bridgehead atoms. The molecule has 4 heterocycles. The first-order valence-corrected chi connectivity index (χ1v) is 8.12. The number of ether oxygens (including phenoxy) is 1. The van der Waals surface area contributed by atoms with Gasteiger partial charge in [-0.2, -0.15) is 0 Å². The molecule has 3 aromatic rings. The van der Waals surface area contributed by atoms with Crippen LogP contribution in [0.2, 0.25) is 5.02 Å². The minimum atomic E-state index is -1.09. The number of fused-ring (bicyclic) bond motifs is 6. The van der Waals surface area contributed by atoms with E-state index in [9.17, 15) is 15.3 Å². The Balaban J connectivity index is 1.86. The molecule has 5 rings (SSSR count). The van der Waals surface area contributed by atoms with E-state index in [2.05, 4.69) is 10.3 Å². The van der Waals surface area contributed by atoms with Crippen molar-refractivity contribution in [3.8, 4) is 17.4 Å². The minimum absolute atomic E-state index is 0.169. The van der Waals surface area contributed by atoms with Crippen molar-refractivity contribution >= 4 is 22.6 Å². The SMILES string of the molecule is C[C@]12C[C@H](O)[C@](C)(O1)c1c2c(O)n(-c2ccc(Cl)c3nonc23)c1O. The zero-order valence-electron chi connectivity index (χ0n) is 13.3. The third-order valence-electron chi connectivity index (χ3n) is 5.39. The van der Waals surface area contributed by atoms with Gasteiger partial charge in [-0.15, -0.1) is 0 Å². The highest BCUT2D eigenvalue weighted by atomic mass is 35.5. The molecule has 0 saturated carbocycles. The van der Waals surface area contributed by atoms with E-state index in [1.807, 2.05) is 0 Å². The summed E-state index contributed by atoms with van der Waals surface area (Å²) >= 11 is 6.08. The lowest BCUT2D eigenvalue weighted by molar-refractivity contribution is -0.0936. The number of nitrogens with zero attached hydrogens (tertiary/aromatic N) is 3. The zero-order chi connectivity index (χ0) is 17.7. The summed E-state index contributed by atoms with van der Waals surface area (Å²) in [7, 11) is 0. The fraction of sp³-hybridized carbons (Fsp3) is 0.375. The first kappa shape index (κ1) is 15.0. The summed E-state index contributed by atoms with van der Waals surface area (Å²) in [4.78, 5) is 0. The van der Waals surface area contributed by atoms with Crippen LogP contribution in [0.5, 0.6) is 11.8 Å². The maximum absolute atomic E-state index is 10.9. The Morgan fingerprint density at radius 2 is 1.84 bits per heavy atom. The molecule has 1 fully saturated rings. The number of aromatic nitrogens is 3. The Labute approximate surface area is 146 Å². The summed E-state index contributed by atoms with van der Waals surface area (Å²) in [5, 5.41) is 40.0. The minimum Gasteiger partial charge on any atom is -0.494 e. The fourth-order valence-corrected chi connectivity index (χ4v) is 4.45. The van der Waals surface area contributed by atoms with Crippen LogP contribution in [-0.4, -0.2) is 36.3 Å². The second-order valence-corrected chi connectivity index (χ2v) is 7.33. The third-order valence-corrected chi connectivity index (χ3v) is 5.69. The van der Waals surface area contributed by atoms with Gasteiger partial charge in [0.05, 0.1) is 33.5 Å². The van der Waals surface area contributed by atoms with Gasteiger partial charge in [0.15, 0.2) is 11.0 Å². The van der Waals surface area contributed by atoms with Crippen LogP contribution < -0.4 is 0 Å². The highest BCUT2D eigenvalue weighted by Crippen LogP contribution is 2.64. The smallest absolute Gasteiger partial charge is 0.205 e. The molecule has 9 heteroatoms. The molecule has 2 aliphatic rings. The third kappa shape index (κ3) is 1.55. The molecule has 8 nitrogen and oxygen atoms in total. The lowest BCUT2D eigenvalue weighted by atomic mass is 9.78. The average Bonchev–Trinajstić information content (AvgIpc) is 3.22. The van der Waals surface area contributed by atoms with Crippen LogP contribution in [0.3, 0.4) is 0 Å². The number of aromatic hydroxyl groups is 2. The molecule has 3 atom stereocenters. The second kappa shape index (κ2) is 4.27. The van der Waals surface area contributed by atoms with Gasteiger partial charge in [0.1, 0.15) is 5.60 Å². The number of halogens is 1. The summed E-state index contributed by atoms with van der Waals surface area (Å²) in [6.07, 6.45) is -0.459. The number of hydrogen-bond acceptors (Lipinski definition) is 7. The van der Waals surface area contributed by atoms with E-state index >= 15 is 0 Å². The number of hydrogen-bond donors (Lipinski definition) is 3. The zero-order valence-corrected chi connectivity index (χ0v) is 14.1. The van der Waals surface area contributed by atoms with Crippen molar-refractivity contribution in [2.45, 2.75) is 37.6 Å². The molecule has 0 radical (unpaired) electrons. The van der Waals surface area contributed by atoms with Crippen LogP contribution in [0.1, 0.15) is 31.4 Å². The summed E-state index contributed by atoms with van der Waals surface area (Å²) in [5.74, 6) is -0.388. The lowest BCUT2D eigenvalue weighted by Crippen LogP contribution is -2.32. The molecular weight excluding hydrogens is 350 g/mol. The van der Waals surface area contributed by atoms with Crippen molar-refractivity contribution < 1.29 is 24.7 Å². The predicted octanol–water partition coefficient (Wildman–Crippen LogP) is 2.30. The van der Waals surface area contributed by atoms with E-state index in [1.165, 1.54) is 4.57 Å². The van der Waals surface area contributed by atoms with E-state index in [4.69, 9.17) is 21.0 Å². The summed E-state index contributed by atoms with van der Waals surface area (Å²) < 4.78 is 12.0. The number of aliphatic hydroxyl groups is 1. The maximum Gasteiger partial charge on any atom is 0.205 e. The number of benzene rings is 1. The molecule has 130 valence electrons. The molecule has 0 aliphatic carbocycles. The molecule has 3 N–H and O–H groups in total. The Morgan fingerprint density at radius 1 is 1.16 bits per heavy atom. The van der Waals surface area contributed by atoms with Gasteiger partial charge >= 0.3 is 0 Å². The van der Waals surface area contributed by atoms with Crippen molar-refractivity contribution in [3.05, 3.63) is 28.3 Å². The van der Waals surface area contributed by atoms with Gasteiger partial charge in [0.2, 0.25) is 11.8 Å². The maximum atomic E-state index is 10.9. The van der Waals surface area contributed by atoms with E-state index in [0.717, 1.165) is 0 Å². The van der Waals surface area contributed by atoms with Crippen molar-refractivity contribution in [2.75, 3.05) is 0 Å². The van der Waals surface area contributed by atoms with Crippen LogP contribution in [0, 0.1) is 0 Å². The van der Waals surface area contributed by atoms with Crippen molar-refractivity contribution in [3.63, 3.8) is 0 Å². The Morgan fingerprint density at radius 3 is 2.60 bits per heavy atom. The van der Waals surface area contributed by atoms with E-state index < -0.39 is 17.3 Å². The molecule has 1 aromatic carbocycles. The van der Waals surface area contributed by atoms with Crippen molar-refractivity contribution in [1.82, 2.24) is 14.9 Å². The van der Waals surface area contributed by atoms with Crippen molar-refractivity contribution in [2.24, 2.45) is 0 Å². The van der Waals surface area contributed by atoms with Crippen LogP contribution in [-0.2, 0) is 15.9 Å². The average molecular weight is 364 g/mol. The molecule has 25 heavy (non-hydrogen) atoms. The van der Waals surface area contributed by atoms with Gasteiger partial charge < -0.3 is 20.1 Å². The highest BCUT2D eigenvalue weighted by molar-refractivity contribution is 6.35. The normalized spacial score (nSPS) is 30.3. The van der Waals surface area contributed by atoms with Crippen LogP contribution >= 0.6 is 11.6 Å². The molecule has 2 aromatic heterocycles. The summed E-state index contributed by atoms with van der Waals surface area (Å²) in [5.41, 5.74) is -0.136. The molecule has 1 saturated heterocycles. The van der Waals surface area contributed by atoms with Crippen LogP contribution in [0.4, 0.5) is 0 Å². The Hall–Kier alpha value is -2.29. The highest BCUT2D eigenvalue weighted by Gasteiger charge is 2.64. The first-order chi connectivity index (χ1) is 11.8. The van der Waals surface area contributed by atoms with Gasteiger partial charge in [0, 0.05) is 6.42 Å². The largest absolute Gasteiger partial charge is 0.494 e. The van der Waals surface area contributed by atoms with Gasteiger partial charge in [-0.1, -0.05) is 11.6 Å². The van der Waals surface area contributed by atoms with Crippen molar-refractivity contribution in [1.29, 1.82) is 0 Å². The molecule has 0 amide bonds. The van der Waals surface area contributed by atoms with E-state index in [0.29, 0.717) is 39.3 Å². The number of rotatable bonds is 1. The standard InChI is InChI=1S/C16H14ClN3O5/c1-15-5-8(21)16(2,24-15)10-9(15)13(22)20(14(10)23)7-4-3-6(17)11-12(7)19-25-18-11/h3-4,8,21-23H,5H2,1-2H3/t8-,15+,16-/m0/s1. The predicted molar refractivity (Wildman–Crippen MR) is 85.9 cm³/mol. The van der Waals surface area contributed by atoms with Crippen LogP contribution in [0.25, 0.3) is 16.7 Å². The number of aliphatic hydroxyl groups excluding tert-OH is 1. The fourth-order valence-electron chi connectivity index (χ4n) is 4.26. The quantitative estimate of drug-likeness (QED) is 0.607. The summed E-state index contributed by atoms with van der Waals surface area (Å²) in [6.45, 7) is 3.49. The monoisotopic (exact) mass is 363 g/mol. The Bertz CT molecular complexity index is 1060. The first-order valence-electron chi connectivity index (χ1n) is 7.75. The summed E-state index contributed by atoms with van der Waals surface area (Å²) in [6, 6.07) is 3.18. The van der Waals surface area contributed by atoms with E-state index in [1.54, 1.807) is 26.0 Å². The topological polar surface area (TPSA) is 114 Å². The van der Waals surface area contributed by atoms with Gasteiger partial charge in [0.25, 0.3) is 0 Å². The molecule has 2 aliphatic heterocycles. The van der Waals surface area contributed by atoms with Gasteiger partial charge in [-0.05, 0) is 36.3 Å². The second-order valence-electron chi connectivity index (χ2n) is 6.92. The Kier molecular flexibility index (Phi) is 2.56. The molecular formula is C16H14ClN3O5. The lowest BCUT2D eigenvalue weighted by Gasteiger charge is -2.25. The van der Waals surface area contributed by atoms with E-state index in [-0.39, 0.29) is 11.8 Å². The molecule has 0 spiro atoms. The van der Waals surface area contributed by atoms with Crippen LogP contribution in [0.15, 0.2) is 16.8 Å². The van der Waals surface area contributed by atoms with Gasteiger partial charge in [-0.25, -0.2) is 9.20 Å². The molecule has 0 unspecified atom stereocenters.